The van der Waals surface area contributed by atoms with Gasteiger partial charge in [-0.2, -0.15) is 0 Å². The van der Waals surface area contributed by atoms with Crippen molar-refractivity contribution in [1.82, 2.24) is 10.5 Å². The van der Waals surface area contributed by atoms with Crippen molar-refractivity contribution in [3.8, 4) is 0 Å². The number of benzene rings is 1. The number of halogens is 2. The smallest absolute Gasteiger partial charge is 0.240 e. The zero-order chi connectivity index (χ0) is 18.8. The molecule has 0 spiro atoms. The maximum Gasteiger partial charge on any atom is 0.240 e. The number of aromatic nitrogens is 1. The highest BCUT2D eigenvalue weighted by Gasteiger charge is 2.24. The monoisotopic (exact) mass is 367 g/mol. The largest absolute Gasteiger partial charge is 0.338 e. The molecule has 0 aliphatic rings. The van der Waals surface area contributed by atoms with Gasteiger partial charge < -0.3 is 4.52 Å². The molecule has 0 saturated heterocycles. The van der Waals surface area contributed by atoms with Crippen LogP contribution in [0.3, 0.4) is 0 Å². The molecule has 136 valence electrons. The summed E-state index contributed by atoms with van der Waals surface area (Å²) in [4.78, 5) is 12.1. The zero-order valence-electron chi connectivity index (χ0n) is 15.0. The summed E-state index contributed by atoms with van der Waals surface area (Å²) in [6, 6.07) is 5.91. The average molecular weight is 368 g/mol. The minimum atomic E-state index is -0.611. The molecule has 0 saturated carbocycles. The molecule has 2 N–H and O–H groups in total. The van der Waals surface area contributed by atoms with Gasteiger partial charge in [0.1, 0.15) is 5.82 Å². The second kappa shape index (κ2) is 7.14. The Kier molecular flexibility index (Phi) is 5.54. The third-order valence-electron chi connectivity index (χ3n) is 3.84. The summed E-state index contributed by atoms with van der Waals surface area (Å²) in [5.74, 6) is -0.375. The molecular formula is C18H23ClFN3O2. The van der Waals surface area contributed by atoms with E-state index >= 15 is 0 Å². The van der Waals surface area contributed by atoms with Gasteiger partial charge in [0.25, 0.3) is 0 Å². The second-order valence-electron chi connectivity index (χ2n) is 7.48. The Morgan fingerprint density at radius 1 is 1.24 bits per heavy atom. The third kappa shape index (κ3) is 5.03. The Hall–Kier alpha value is -1.92. The molecule has 2 aromatic rings. The van der Waals surface area contributed by atoms with E-state index in [2.05, 4.69) is 15.8 Å². The van der Waals surface area contributed by atoms with Crippen LogP contribution in [-0.2, 0) is 15.7 Å². The van der Waals surface area contributed by atoms with Gasteiger partial charge in [-0.1, -0.05) is 43.6 Å². The minimum absolute atomic E-state index is 0.0340. The van der Waals surface area contributed by atoms with Gasteiger partial charge in [-0.25, -0.2) is 4.39 Å². The quantitative estimate of drug-likeness (QED) is 0.829. The number of hydrogen-bond donors (Lipinski definition) is 2. The summed E-state index contributed by atoms with van der Waals surface area (Å²) in [6.07, 6.45) is 0. The molecule has 0 bridgehead atoms. The lowest BCUT2D eigenvalue weighted by Gasteiger charge is -2.27. The van der Waals surface area contributed by atoms with Gasteiger partial charge >= 0.3 is 0 Å². The summed E-state index contributed by atoms with van der Waals surface area (Å²) in [5.41, 5.74) is 0.693. The van der Waals surface area contributed by atoms with Gasteiger partial charge in [0.2, 0.25) is 11.8 Å². The van der Waals surface area contributed by atoms with Gasteiger partial charge in [0.15, 0.2) is 0 Å². The normalized spacial score (nSPS) is 12.3. The van der Waals surface area contributed by atoms with Gasteiger partial charge in [-0.15, -0.1) is 0 Å². The molecule has 2 rings (SSSR count). The highest BCUT2D eigenvalue weighted by molar-refractivity contribution is 6.31. The van der Waals surface area contributed by atoms with Crippen LogP contribution in [0.4, 0.5) is 10.3 Å². The fourth-order valence-electron chi connectivity index (χ4n) is 2.26. The van der Waals surface area contributed by atoms with E-state index in [1.54, 1.807) is 12.1 Å². The molecule has 0 unspecified atom stereocenters. The number of nitrogens with zero attached hydrogens (tertiary/aromatic N) is 1. The molecular weight excluding hydrogens is 345 g/mol. The zero-order valence-corrected chi connectivity index (χ0v) is 15.8. The maximum absolute atomic E-state index is 13.2. The van der Waals surface area contributed by atoms with Crippen molar-refractivity contribution in [3.05, 3.63) is 46.4 Å². The van der Waals surface area contributed by atoms with Crippen LogP contribution in [-0.4, -0.2) is 17.6 Å². The molecule has 0 atom stereocenters. The van der Waals surface area contributed by atoms with Gasteiger partial charge in [0, 0.05) is 22.0 Å². The van der Waals surface area contributed by atoms with E-state index in [0.717, 1.165) is 5.69 Å². The van der Waals surface area contributed by atoms with Crippen LogP contribution in [0.15, 0.2) is 28.8 Å². The first-order valence-corrected chi connectivity index (χ1v) is 8.34. The van der Waals surface area contributed by atoms with Crippen LogP contribution < -0.4 is 10.6 Å². The standard InChI is InChI=1S/C18H23ClFN3O2/c1-17(2,3)14-9-16(25-23-14)22-15(24)10-21-18(4,5)12-7-6-11(20)8-13(12)19/h6-9,21H,10H2,1-5H3,(H,22,24). The first-order valence-electron chi connectivity index (χ1n) is 7.96. The highest BCUT2D eigenvalue weighted by Crippen LogP contribution is 2.28. The van der Waals surface area contributed by atoms with Crippen LogP contribution in [0.2, 0.25) is 5.02 Å². The Labute approximate surface area is 151 Å². The Morgan fingerprint density at radius 3 is 2.48 bits per heavy atom. The summed E-state index contributed by atoms with van der Waals surface area (Å²) in [7, 11) is 0. The SMILES string of the molecule is CC(C)(C)c1cc(NC(=O)CNC(C)(C)c2ccc(F)cc2Cl)on1. The first-order chi connectivity index (χ1) is 11.5. The fourth-order valence-corrected chi connectivity index (χ4v) is 2.67. The van der Waals surface area contributed by atoms with E-state index < -0.39 is 11.4 Å². The van der Waals surface area contributed by atoms with Crippen LogP contribution in [0.25, 0.3) is 0 Å². The van der Waals surface area contributed by atoms with Gasteiger partial charge in [-0.05, 0) is 31.5 Å². The van der Waals surface area contributed by atoms with Crippen LogP contribution in [0, 0.1) is 5.82 Å². The fraction of sp³-hybridized carbons (Fsp3) is 0.444. The number of carbonyl (C=O) groups is 1. The lowest BCUT2D eigenvalue weighted by atomic mass is 9.92. The number of rotatable bonds is 5. The molecule has 0 aliphatic carbocycles. The maximum atomic E-state index is 13.2. The summed E-state index contributed by atoms with van der Waals surface area (Å²) in [5, 5.41) is 10.0. The molecule has 7 heteroatoms. The molecule has 1 amide bonds. The van der Waals surface area contributed by atoms with Gasteiger partial charge in [0.05, 0.1) is 12.2 Å². The number of carbonyl (C=O) groups excluding carboxylic acids is 1. The van der Waals surface area contributed by atoms with E-state index in [-0.39, 0.29) is 17.9 Å². The molecule has 25 heavy (non-hydrogen) atoms. The van der Waals surface area contributed by atoms with E-state index in [1.165, 1.54) is 12.1 Å². The topological polar surface area (TPSA) is 67.2 Å². The van der Waals surface area contributed by atoms with Crippen molar-refractivity contribution in [2.45, 2.75) is 45.6 Å². The van der Waals surface area contributed by atoms with E-state index in [9.17, 15) is 9.18 Å². The first kappa shape index (κ1) is 19.4. The highest BCUT2D eigenvalue weighted by atomic mass is 35.5. The van der Waals surface area contributed by atoms with Crippen molar-refractivity contribution in [3.63, 3.8) is 0 Å². The van der Waals surface area contributed by atoms with E-state index in [4.69, 9.17) is 16.1 Å². The van der Waals surface area contributed by atoms with Crippen molar-refractivity contribution in [2.24, 2.45) is 0 Å². The predicted octanol–water partition coefficient (Wildman–Crippen LogP) is 4.23. The predicted molar refractivity (Wildman–Crippen MR) is 96.3 cm³/mol. The minimum Gasteiger partial charge on any atom is -0.338 e. The molecule has 1 aromatic heterocycles. The molecule has 0 radical (unpaired) electrons. The van der Waals surface area contributed by atoms with E-state index in [0.29, 0.717) is 16.5 Å². The molecule has 0 fully saturated rings. The second-order valence-corrected chi connectivity index (χ2v) is 7.88. The van der Waals surface area contributed by atoms with Gasteiger partial charge in [-0.3, -0.25) is 15.4 Å². The van der Waals surface area contributed by atoms with Crippen LogP contribution in [0.5, 0.6) is 0 Å². The summed E-state index contributed by atoms with van der Waals surface area (Å²) >= 11 is 6.10. The Bertz CT molecular complexity index is 766. The van der Waals surface area contributed by atoms with Crippen molar-refractivity contribution < 1.29 is 13.7 Å². The van der Waals surface area contributed by atoms with Crippen molar-refractivity contribution >= 4 is 23.4 Å². The van der Waals surface area contributed by atoms with Crippen molar-refractivity contribution in [1.29, 1.82) is 0 Å². The molecule has 1 heterocycles. The van der Waals surface area contributed by atoms with Crippen LogP contribution in [0.1, 0.15) is 45.9 Å². The lowest BCUT2D eigenvalue weighted by Crippen LogP contribution is -2.41. The number of amides is 1. The Morgan fingerprint density at radius 2 is 1.92 bits per heavy atom. The third-order valence-corrected chi connectivity index (χ3v) is 4.15. The molecule has 5 nitrogen and oxygen atoms in total. The summed E-state index contributed by atoms with van der Waals surface area (Å²) in [6.45, 7) is 9.79. The number of hydrogen-bond acceptors (Lipinski definition) is 4. The molecule has 0 aliphatic heterocycles. The average Bonchev–Trinajstić information content (AvgIpc) is 2.93. The molecule has 1 aromatic carbocycles. The number of anilines is 1. The Balaban J connectivity index is 1.98. The van der Waals surface area contributed by atoms with E-state index in [1.807, 2.05) is 34.6 Å². The number of nitrogens with one attached hydrogen (secondary N) is 2. The summed E-state index contributed by atoms with van der Waals surface area (Å²) < 4.78 is 18.3. The lowest BCUT2D eigenvalue weighted by molar-refractivity contribution is -0.115. The van der Waals surface area contributed by atoms with Crippen LogP contribution >= 0.6 is 11.6 Å². The van der Waals surface area contributed by atoms with Crippen molar-refractivity contribution in [2.75, 3.05) is 11.9 Å².